The maximum atomic E-state index is 12.2. The number of carbonyl (C=O) groups is 1. The quantitative estimate of drug-likeness (QED) is 0.917. The predicted molar refractivity (Wildman–Crippen MR) is 78.3 cm³/mol. The van der Waals surface area contributed by atoms with E-state index in [0.717, 1.165) is 25.1 Å². The number of rotatable bonds is 4. The van der Waals surface area contributed by atoms with Crippen LogP contribution in [0.5, 0.6) is 5.75 Å². The monoisotopic (exact) mass is 338 g/mol. The van der Waals surface area contributed by atoms with Gasteiger partial charge < -0.3 is 15.0 Å². The Hall–Kier alpha value is -1.47. The van der Waals surface area contributed by atoms with E-state index < -0.39 is 6.36 Å². The van der Waals surface area contributed by atoms with Gasteiger partial charge in [0, 0.05) is 18.7 Å². The minimum Gasteiger partial charge on any atom is -0.406 e. The lowest BCUT2D eigenvalue weighted by Crippen LogP contribution is -2.30. The molecule has 1 heterocycles. The molecule has 0 spiro atoms. The van der Waals surface area contributed by atoms with E-state index in [1.54, 1.807) is 4.90 Å². The summed E-state index contributed by atoms with van der Waals surface area (Å²) in [6.07, 6.45) is -3.79. The van der Waals surface area contributed by atoms with E-state index in [-0.39, 0.29) is 24.1 Å². The normalized spacial score (nSPS) is 18.0. The first kappa shape index (κ1) is 18.6. The summed E-state index contributed by atoms with van der Waals surface area (Å²) >= 11 is 0. The first-order valence-corrected chi connectivity index (χ1v) is 6.69. The van der Waals surface area contributed by atoms with Crippen molar-refractivity contribution in [3.05, 3.63) is 29.8 Å². The highest BCUT2D eigenvalue weighted by Gasteiger charge is 2.31. The van der Waals surface area contributed by atoms with Crippen molar-refractivity contribution < 1.29 is 22.7 Å². The highest BCUT2D eigenvalue weighted by atomic mass is 35.5. The van der Waals surface area contributed by atoms with E-state index in [9.17, 15) is 18.0 Å². The molecular weight excluding hydrogens is 321 g/mol. The van der Waals surface area contributed by atoms with Crippen LogP contribution in [0.25, 0.3) is 0 Å². The van der Waals surface area contributed by atoms with Crippen molar-refractivity contribution in [2.45, 2.75) is 12.8 Å². The lowest BCUT2D eigenvalue weighted by molar-refractivity contribution is -0.274. The second kappa shape index (κ2) is 7.69. The highest BCUT2D eigenvalue weighted by molar-refractivity contribution is 5.94. The Balaban J connectivity index is 0.00000242. The largest absolute Gasteiger partial charge is 0.573 e. The minimum absolute atomic E-state index is 0. The molecule has 0 radical (unpaired) electrons. The molecule has 124 valence electrons. The molecular formula is C14H18ClF3N2O2. The molecule has 8 heteroatoms. The Bertz CT molecular complexity index is 494. The highest BCUT2D eigenvalue weighted by Crippen LogP contribution is 2.24. The molecule has 1 aliphatic heterocycles. The molecule has 1 amide bonds. The van der Waals surface area contributed by atoms with Crippen LogP contribution in [0, 0.1) is 5.92 Å². The van der Waals surface area contributed by atoms with Crippen molar-refractivity contribution in [1.82, 2.24) is 10.2 Å². The van der Waals surface area contributed by atoms with Crippen molar-refractivity contribution in [3.8, 4) is 5.75 Å². The van der Waals surface area contributed by atoms with Gasteiger partial charge in [-0.05, 0) is 50.2 Å². The standard InChI is InChI=1S/C14H17F3N2O2.ClH/c1-18-8-10-6-7-19(9-10)13(20)11-2-4-12(5-3-11)21-14(15,16)17;/h2-5,10,18H,6-9H2,1H3;1H. The van der Waals surface area contributed by atoms with Crippen molar-refractivity contribution in [2.24, 2.45) is 5.92 Å². The van der Waals surface area contributed by atoms with Gasteiger partial charge in [0.25, 0.3) is 5.91 Å². The maximum absolute atomic E-state index is 12.2. The van der Waals surface area contributed by atoms with E-state index in [2.05, 4.69) is 10.1 Å². The van der Waals surface area contributed by atoms with Crippen LogP contribution in [-0.4, -0.2) is 43.9 Å². The van der Waals surface area contributed by atoms with E-state index in [0.29, 0.717) is 24.6 Å². The number of hydrogen-bond donors (Lipinski definition) is 1. The van der Waals surface area contributed by atoms with Crippen LogP contribution in [0.15, 0.2) is 24.3 Å². The van der Waals surface area contributed by atoms with Crippen molar-refractivity contribution in [3.63, 3.8) is 0 Å². The van der Waals surface area contributed by atoms with Crippen molar-refractivity contribution in [1.29, 1.82) is 0 Å². The van der Waals surface area contributed by atoms with Crippen LogP contribution in [0.3, 0.4) is 0 Å². The number of nitrogens with one attached hydrogen (secondary N) is 1. The van der Waals surface area contributed by atoms with Gasteiger partial charge in [0.05, 0.1) is 0 Å². The fourth-order valence-corrected chi connectivity index (χ4v) is 2.45. The average molecular weight is 339 g/mol. The van der Waals surface area contributed by atoms with E-state index in [4.69, 9.17) is 0 Å². The van der Waals surface area contributed by atoms with Crippen LogP contribution < -0.4 is 10.1 Å². The Morgan fingerprint density at radius 2 is 2.00 bits per heavy atom. The zero-order valence-corrected chi connectivity index (χ0v) is 12.8. The number of alkyl halides is 3. The molecule has 1 atom stereocenters. The lowest BCUT2D eigenvalue weighted by atomic mass is 10.1. The first-order chi connectivity index (χ1) is 9.89. The Morgan fingerprint density at radius 1 is 1.36 bits per heavy atom. The summed E-state index contributed by atoms with van der Waals surface area (Å²) in [5.41, 5.74) is 0.370. The number of hydrogen-bond acceptors (Lipinski definition) is 3. The van der Waals surface area contributed by atoms with E-state index in [1.807, 2.05) is 7.05 Å². The molecule has 22 heavy (non-hydrogen) atoms. The molecule has 0 aromatic heterocycles. The summed E-state index contributed by atoms with van der Waals surface area (Å²) in [7, 11) is 1.86. The number of ether oxygens (including phenoxy) is 1. The fraction of sp³-hybridized carbons (Fsp3) is 0.500. The molecule has 1 aliphatic rings. The summed E-state index contributed by atoms with van der Waals surface area (Å²) in [6, 6.07) is 5.02. The summed E-state index contributed by atoms with van der Waals surface area (Å²) < 4.78 is 40.0. The molecule has 1 unspecified atom stereocenters. The van der Waals surface area contributed by atoms with Crippen LogP contribution >= 0.6 is 12.4 Å². The van der Waals surface area contributed by atoms with Gasteiger partial charge in [-0.2, -0.15) is 0 Å². The van der Waals surface area contributed by atoms with Crippen LogP contribution in [0.1, 0.15) is 16.8 Å². The third kappa shape index (κ3) is 5.06. The fourth-order valence-electron chi connectivity index (χ4n) is 2.45. The van der Waals surface area contributed by atoms with Crippen LogP contribution in [-0.2, 0) is 0 Å². The zero-order valence-electron chi connectivity index (χ0n) is 12.0. The molecule has 0 saturated carbocycles. The SMILES string of the molecule is CNCC1CCN(C(=O)c2ccc(OC(F)(F)F)cc2)C1.Cl. The van der Waals surface area contributed by atoms with Gasteiger partial charge in [-0.15, -0.1) is 25.6 Å². The Labute approximate surface area is 133 Å². The van der Waals surface area contributed by atoms with Gasteiger partial charge in [0.1, 0.15) is 5.75 Å². The molecule has 1 N–H and O–H groups in total. The summed E-state index contributed by atoms with van der Waals surface area (Å²) in [4.78, 5) is 14.0. The van der Waals surface area contributed by atoms with Gasteiger partial charge in [0.2, 0.25) is 0 Å². The van der Waals surface area contributed by atoms with Crippen LogP contribution in [0.4, 0.5) is 13.2 Å². The molecule has 1 fully saturated rings. The Morgan fingerprint density at radius 3 is 2.55 bits per heavy atom. The summed E-state index contributed by atoms with van der Waals surface area (Å²) in [5.74, 6) is -0.0625. The second-order valence-electron chi connectivity index (χ2n) is 5.04. The van der Waals surface area contributed by atoms with E-state index in [1.165, 1.54) is 12.1 Å². The lowest BCUT2D eigenvalue weighted by Gasteiger charge is -2.17. The van der Waals surface area contributed by atoms with E-state index >= 15 is 0 Å². The second-order valence-corrected chi connectivity index (χ2v) is 5.04. The van der Waals surface area contributed by atoms with Gasteiger partial charge in [0.15, 0.2) is 0 Å². The summed E-state index contributed by atoms with van der Waals surface area (Å²) in [6.45, 7) is 2.19. The molecule has 0 bridgehead atoms. The predicted octanol–water partition coefficient (Wildman–Crippen LogP) is 2.69. The zero-order chi connectivity index (χ0) is 15.5. The molecule has 1 aromatic carbocycles. The molecule has 2 rings (SSSR count). The van der Waals surface area contributed by atoms with Gasteiger partial charge in [-0.1, -0.05) is 0 Å². The number of carbonyl (C=O) groups excluding carboxylic acids is 1. The molecule has 1 saturated heterocycles. The van der Waals surface area contributed by atoms with Gasteiger partial charge in [-0.3, -0.25) is 4.79 Å². The molecule has 1 aromatic rings. The molecule has 4 nitrogen and oxygen atoms in total. The topological polar surface area (TPSA) is 41.6 Å². The average Bonchev–Trinajstić information content (AvgIpc) is 2.86. The number of nitrogens with zero attached hydrogens (tertiary/aromatic N) is 1. The first-order valence-electron chi connectivity index (χ1n) is 6.69. The number of halogens is 4. The third-order valence-corrected chi connectivity index (χ3v) is 3.40. The summed E-state index contributed by atoms with van der Waals surface area (Å²) in [5, 5.41) is 3.08. The molecule has 0 aliphatic carbocycles. The number of amides is 1. The number of likely N-dealkylation sites (tertiary alicyclic amines) is 1. The van der Waals surface area contributed by atoms with Gasteiger partial charge in [-0.25, -0.2) is 0 Å². The maximum Gasteiger partial charge on any atom is 0.573 e. The van der Waals surface area contributed by atoms with Crippen molar-refractivity contribution >= 4 is 18.3 Å². The Kier molecular flexibility index (Phi) is 6.49. The smallest absolute Gasteiger partial charge is 0.406 e. The van der Waals surface area contributed by atoms with Crippen LogP contribution in [0.2, 0.25) is 0 Å². The van der Waals surface area contributed by atoms with Gasteiger partial charge >= 0.3 is 6.36 Å². The third-order valence-electron chi connectivity index (χ3n) is 3.40. The van der Waals surface area contributed by atoms with Crippen molar-refractivity contribution in [2.75, 3.05) is 26.7 Å². The number of benzene rings is 1. The minimum atomic E-state index is -4.72.